The van der Waals surface area contributed by atoms with E-state index in [9.17, 15) is 14.7 Å². The molecule has 0 aromatic carbocycles. The summed E-state index contributed by atoms with van der Waals surface area (Å²) in [6, 6.07) is 3.56. The lowest BCUT2D eigenvalue weighted by atomic mass is 9.83. The Hall–Kier alpha value is -1.60. The normalized spacial score (nSPS) is 24.6. The summed E-state index contributed by atoms with van der Waals surface area (Å²) in [6.45, 7) is 7.41. The second-order valence-corrected chi connectivity index (χ2v) is 9.09. The third-order valence-corrected chi connectivity index (χ3v) is 5.55. The highest BCUT2D eigenvalue weighted by Crippen LogP contribution is 2.35. The Morgan fingerprint density at radius 1 is 1.35 bits per heavy atom. The summed E-state index contributed by atoms with van der Waals surface area (Å²) in [6.07, 6.45) is 1.12. The van der Waals surface area contributed by atoms with Crippen molar-refractivity contribution in [3.63, 3.8) is 0 Å². The first kappa shape index (κ1) is 20.7. The summed E-state index contributed by atoms with van der Waals surface area (Å²) in [5.74, 6) is -0.617. The minimum atomic E-state index is -1.24. The van der Waals surface area contributed by atoms with Crippen molar-refractivity contribution >= 4 is 23.4 Å². The van der Waals surface area contributed by atoms with Gasteiger partial charge in [-0.25, -0.2) is 9.59 Å². The molecule has 26 heavy (non-hydrogen) atoms. The predicted octanol–water partition coefficient (Wildman–Crippen LogP) is 3.89. The van der Waals surface area contributed by atoms with Gasteiger partial charge in [0.05, 0.1) is 0 Å². The summed E-state index contributed by atoms with van der Waals surface area (Å²) < 4.78 is 11.0. The lowest BCUT2D eigenvalue weighted by Gasteiger charge is -2.40. The van der Waals surface area contributed by atoms with E-state index in [0.29, 0.717) is 30.6 Å². The van der Waals surface area contributed by atoms with Crippen molar-refractivity contribution in [3.05, 3.63) is 22.4 Å². The summed E-state index contributed by atoms with van der Waals surface area (Å²) in [4.78, 5) is 26.7. The maximum absolute atomic E-state index is 12.2. The number of carbonyl (C=O) groups is 2. The summed E-state index contributed by atoms with van der Waals surface area (Å²) in [5, 5.41) is 11.9. The fourth-order valence-corrected chi connectivity index (χ4v) is 3.74. The Kier molecular flexibility index (Phi) is 6.34. The summed E-state index contributed by atoms with van der Waals surface area (Å²) in [5.41, 5.74) is -1.15. The fourth-order valence-electron chi connectivity index (χ4n) is 3.05. The Labute approximate surface area is 159 Å². The molecule has 1 heterocycles. The Balaban J connectivity index is 1.88. The Bertz CT molecular complexity index is 614. The SMILES string of the molecule is CN(C(=O)OC(C)(C)C)[C@H]1CC[C@](C)(OC(=O)C(O)c2cccs2)CC1. The maximum Gasteiger partial charge on any atom is 0.410 e. The highest BCUT2D eigenvalue weighted by Gasteiger charge is 2.38. The van der Waals surface area contributed by atoms with Crippen LogP contribution in [-0.4, -0.2) is 46.4 Å². The number of carbonyl (C=O) groups excluding carboxylic acids is 2. The van der Waals surface area contributed by atoms with Crippen LogP contribution in [0.1, 0.15) is 64.4 Å². The van der Waals surface area contributed by atoms with Crippen molar-refractivity contribution < 1.29 is 24.2 Å². The summed E-state index contributed by atoms with van der Waals surface area (Å²) >= 11 is 1.32. The fraction of sp³-hybridized carbons (Fsp3) is 0.684. The Morgan fingerprint density at radius 3 is 2.46 bits per heavy atom. The van der Waals surface area contributed by atoms with Gasteiger partial charge in [-0.3, -0.25) is 0 Å². The van der Waals surface area contributed by atoms with Crippen molar-refractivity contribution in [2.24, 2.45) is 0 Å². The zero-order valence-corrected chi connectivity index (χ0v) is 17.0. The smallest absolute Gasteiger partial charge is 0.410 e. The van der Waals surface area contributed by atoms with Gasteiger partial charge in [-0.2, -0.15) is 0 Å². The molecular formula is C19H29NO5S. The average Bonchev–Trinajstić information content (AvgIpc) is 3.06. The topological polar surface area (TPSA) is 76.1 Å². The maximum atomic E-state index is 12.2. The molecule has 0 radical (unpaired) electrons. The van der Waals surface area contributed by atoms with Gasteiger partial charge in [-0.1, -0.05) is 6.07 Å². The van der Waals surface area contributed by atoms with Crippen molar-refractivity contribution in [3.8, 4) is 0 Å². The molecule has 1 unspecified atom stereocenters. The monoisotopic (exact) mass is 383 g/mol. The minimum Gasteiger partial charge on any atom is -0.457 e. The van der Waals surface area contributed by atoms with Crippen LogP contribution in [0.2, 0.25) is 0 Å². The van der Waals surface area contributed by atoms with Crippen LogP contribution in [0.15, 0.2) is 17.5 Å². The lowest BCUT2D eigenvalue weighted by Crippen LogP contribution is -2.46. The molecule has 0 spiro atoms. The third kappa shape index (κ3) is 5.45. The van der Waals surface area contributed by atoms with Crippen LogP contribution in [0, 0.1) is 0 Å². The standard InChI is InChI=1S/C19H29NO5S/c1-18(2,3)25-17(23)20(5)13-8-10-19(4,11-9-13)24-16(22)15(21)14-7-6-12-26-14/h6-7,12-13,15,21H,8-11H2,1-5H3/t13-,15?,19-. The van der Waals surface area contributed by atoms with E-state index in [1.54, 1.807) is 24.1 Å². The van der Waals surface area contributed by atoms with Crippen molar-refractivity contribution in [1.82, 2.24) is 4.90 Å². The van der Waals surface area contributed by atoms with Gasteiger partial charge >= 0.3 is 12.1 Å². The lowest BCUT2D eigenvalue weighted by molar-refractivity contribution is -0.172. The molecule has 1 amide bonds. The first-order chi connectivity index (χ1) is 12.0. The van der Waals surface area contributed by atoms with Crippen LogP contribution in [0.25, 0.3) is 0 Å². The van der Waals surface area contributed by atoms with E-state index in [1.807, 2.05) is 33.1 Å². The van der Waals surface area contributed by atoms with Crippen LogP contribution in [0.4, 0.5) is 4.79 Å². The molecule has 1 N–H and O–H groups in total. The van der Waals surface area contributed by atoms with Gasteiger partial charge in [0.1, 0.15) is 11.2 Å². The molecule has 0 aliphatic heterocycles. The van der Waals surface area contributed by atoms with E-state index in [-0.39, 0.29) is 12.1 Å². The van der Waals surface area contributed by atoms with E-state index in [4.69, 9.17) is 9.47 Å². The molecule has 6 nitrogen and oxygen atoms in total. The molecule has 146 valence electrons. The van der Waals surface area contributed by atoms with E-state index in [0.717, 1.165) is 0 Å². The molecule has 0 saturated heterocycles. The van der Waals surface area contributed by atoms with Gasteiger partial charge < -0.3 is 19.5 Å². The first-order valence-electron chi connectivity index (χ1n) is 8.91. The molecule has 1 atom stereocenters. The quantitative estimate of drug-likeness (QED) is 0.798. The van der Waals surface area contributed by atoms with Crippen LogP contribution < -0.4 is 0 Å². The van der Waals surface area contributed by atoms with Gasteiger partial charge in [0.2, 0.25) is 0 Å². The summed E-state index contributed by atoms with van der Waals surface area (Å²) in [7, 11) is 1.74. The number of hydrogen-bond acceptors (Lipinski definition) is 6. The molecule has 1 aromatic rings. The van der Waals surface area contributed by atoms with Gasteiger partial charge in [0.25, 0.3) is 0 Å². The molecule has 0 bridgehead atoms. The molecular weight excluding hydrogens is 354 g/mol. The largest absolute Gasteiger partial charge is 0.457 e. The van der Waals surface area contributed by atoms with Crippen molar-refractivity contribution in [1.29, 1.82) is 0 Å². The van der Waals surface area contributed by atoms with Crippen molar-refractivity contribution in [2.75, 3.05) is 7.05 Å². The third-order valence-electron chi connectivity index (χ3n) is 4.62. The second-order valence-electron chi connectivity index (χ2n) is 8.11. The zero-order valence-electron chi connectivity index (χ0n) is 16.2. The molecule has 1 aliphatic rings. The second kappa shape index (κ2) is 7.96. The van der Waals surface area contributed by atoms with Gasteiger partial charge in [-0.05, 0) is 64.8 Å². The molecule has 1 saturated carbocycles. The van der Waals surface area contributed by atoms with Crippen LogP contribution in [0.3, 0.4) is 0 Å². The van der Waals surface area contributed by atoms with Gasteiger partial charge in [-0.15, -0.1) is 11.3 Å². The highest BCUT2D eigenvalue weighted by molar-refractivity contribution is 7.10. The number of aliphatic hydroxyl groups excluding tert-OH is 1. The molecule has 1 aliphatic carbocycles. The number of hydrogen-bond donors (Lipinski definition) is 1. The van der Waals surface area contributed by atoms with E-state index >= 15 is 0 Å². The first-order valence-corrected chi connectivity index (χ1v) is 9.79. The van der Waals surface area contributed by atoms with Crippen LogP contribution >= 0.6 is 11.3 Å². The number of amides is 1. The number of rotatable bonds is 4. The van der Waals surface area contributed by atoms with Crippen molar-refractivity contribution in [2.45, 2.75) is 76.7 Å². The Morgan fingerprint density at radius 2 is 1.96 bits per heavy atom. The molecule has 2 rings (SSSR count). The number of nitrogens with zero attached hydrogens (tertiary/aromatic N) is 1. The van der Waals surface area contributed by atoms with E-state index in [1.165, 1.54) is 11.3 Å². The average molecular weight is 384 g/mol. The van der Waals surface area contributed by atoms with E-state index in [2.05, 4.69) is 0 Å². The predicted molar refractivity (Wildman–Crippen MR) is 100 cm³/mol. The number of thiophene rings is 1. The molecule has 1 aromatic heterocycles. The van der Waals surface area contributed by atoms with Gasteiger partial charge in [0.15, 0.2) is 6.10 Å². The number of esters is 1. The molecule has 7 heteroatoms. The van der Waals surface area contributed by atoms with Crippen LogP contribution in [-0.2, 0) is 14.3 Å². The number of aliphatic hydroxyl groups is 1. The van der Waals surface area contributed by atoms with Gasteiger partial charge in [0, 0.05) is 18.0 Å². The highest BCUT2D eigenvalue weighted by atomic mass is 32.1. The minimum absolute atomic E-state index is 0.0545. The number of ether oxygens (including phenoxy) is 2. The molecule has 1 fully saturated rings. The van der Waals surface area contributed by atoms with E-state index < -0.39 is 23.3 Å². The zero-order chi connectivity index (χ0) is 19.5. The van der Waals surface area contributed by atoms with Crippen LogP contribution in [0.5, 0.6) is 0 Å².